The number of carbonyl (C=O) groups is 1. The van der Waals surface area contributed by atoms with Crippen molar-refractivity contribution in [1.29, 1.82) is 0 Å². The molecule has 0 unspecified atom stereocenters. The largest absolute Gasteiger partial charge is 0.509 e. The van der Waals surface area contributed by atoms with E-state index in [9.17, 15) is 4.79 Å². The maximum absolute atomic E-state index is 11.0. The van der Waals surface area contributed by atoms with Crippen molar-refractivity contribution in [2.45, 2.75) is 30.8 Å². The molecule has 2 aliphatic rings. The maximum Gasteiger partial charge on any atom is 0.509 e. The number of nitrogens with zero attached hydrogens (tertiary/aromatic N) is 3. The number of fused-ring (bicyclic) bond motifs is 1. The van der Waals surface area contributed by atoms with Gasteiger partial charge in [0.2, 0.25) is 0 Å². The van der Waals surface area contributed by atoms with Gasteiger partial charge in [0.1, 0.15) is 12.2 Å². The Morgan fingerprint density at radius 2 is 2.12 bits per heavy atom. The molecular weight excluding hydrogens is 214 g/mol. The van der Waals surface area contributed by atoms with E-state index in [2.05, 4.69) is 16.6 Å². The summed E-state index contributed by atoms with van der Waals surface area (Å²) in [6.07, 6.45) is -0.0650. The molecule has 2 fully saturated rings. The van der Waals surface area contributed by atoms with Gasteiger partial charge in [-0.15, -0.1) is 6.58 Å². The number of hydrogen-bond acceptors (Lipinski definition) is 5. The Labute approximate surface area is 91.6 Å². The average Bonchev–Trinajstić information content (AvgIpc) is 2.76. The van der Waals surface area contributed by atoms with Crippen LogP contribution in [0.1, 0.15) is 6.42 Å². The Balaban J connectivity index is 2.08. The number of azide groups is 1. The van der Waals surface area contributed by atoms with Crippen molar-refractivity contribution in [2.24, 2.45) is 5.11 Å². The molecule has 0 aromatic rings. The van der Waals surface area contributed by atoms with Crippen LogP contribution in [0, 0.1) is 0 Å². The molecule has 0 spiro atoms. The summed E-state index contributed by atoms with van der Waals surface area (Å²) < 4.78 is 15.5. The van der Waals surface area contributed by atoms with E-state index in [0.29, 0.717) is 6.42 Å². The molecule has 7 heteroatoms. The monoisotopic (exact) mass is 225 g/mol. The maximum atomic E-state index is 11.0. The number of carbonyl (C=O) groups excluding carboxylic acids is 1. The smallest absolute Gasteiger partial charge is 0.424 e. The van der Waals surface area contributed by atoms with E-state index in [1.165, 1.54) is 0 Å². The second-order valence-electron chi connectivity index (χ2n) is 3.57. The third kappa shape index (κ3) is 1.82. The average molecular weight is 225 g/mol. The quantitative estimate of drug-likeness (QED) is 0.238. The van der Waals surface area contributed by atoms with Crippen molar-refractivity contribution in [2.75, 3.05) is 6.54 Å². The molecule has 7 nitrogen and oxygen atoms in total. The minimum Gasteiger partial charge on any atom is -0.424 e. The number of hydrogen-bond donors (Lipinski definition) is 0. The first kappa shape index (κ1) is 10.8. The number of rotatable bonds is 4. The van der Waals surface area contributed by atoms with E-state index in [1.54, 1.807) is 6.08 Å². The zero-order valence-electron chi connectivity index (χ0n) is 8.48. The lowest BCUT2D eigenvalue weighted by atomic mass is 10.1. The van der Waals surface area contributed by atoms with Gasteiger partial charge in [0.25, 0.3) is 0 Å². The molecular formula is C9H11N3O4. The van der Waals surface area contributed by atoms with Gasteiger partial charge in [0, 0.05) is 4.91 Å². The lowest BCUT2D eigenvalue weighted by Crippen LogP contribution is -2.30. The van der Waals surface area contributed by atoms with Gasteiger partial charge in [-0.05, 0) is 12.0 Å². The van der Waals surface area contributed by atoms with Gasteiger partial charge in [-0.25, -0.2) is 4.79 Å². The first-order valence-corrected chi connectivity index (χ1v) is 4.90. The van der Waals surface area contributed by atoms with Crippen molar-refractivity contribution in [3.63, 3.8) is 0 Å². The summed E-state index contributed by atoms with van der Waals surface area (Å²) in [6.45, 7) is 3.73. The Hall–Kier alpha value is -1.72. The summed E-state index contributed by atoms with van der Waals surface area (Å²) >= 11 is 0. The van der Waals surface area contributed by atoms with E-state index in [0.717, 1.165) is 0 Å². The zero-order chi connectivity index (χ0) is 11.5. The molecule has 0 amide bonds. The molecule has 16 heavy (non-hydrogen) atoms. The predicted octanol–water partition coefficient (Wildman–Crippen LogP) is 1.54. The van der Waals surface area contributed by atoms with Gasteiger partial charge in [0.15, 0.2) is 12.2 Å². The first-order valence-electron chi connectivity index (χ1n) is 4.90. The van der Waals surface area contributed by atoms with Crippen LogP contribution >= 0.6 is 0 Å². The fourth-order valence-corrected chi connectivity index (χ4v) is 1.96. The summed E-state index contributed by atoms with van der Waals surface area (Å²) in [7, 11) is 0. The Morgan fingerprint density at radius 3 is 2.75 bits per heavy atom. The molecule has 2 aliphatic heterocycles. The Morgan fingerprint density at radius 1 is 1.44 bits per heavy atom. The third-order valence-corrected chi connectivity index (χ3v) is 2.59. The van der Waals surface area contributed by atoms with Crippen LogP contribution in [-0.2, 0) is 14.2 Å². The summed E-state index contributed by atoms with van der Waals surface area (Å²) in [4.78, 5) is 13.6. The highest BCUT2D eigenvalue weighted by Crippen LogP contribution is 2.33. The van der Waals surface area contributed by atoms with Crippen LogP contribution in [0.5, 0.6) is 0 Å². The minimum atomic E-state index is -0.696. The van der Waals surface area contributed by atoms with Gasteiger partial charge in [0.05, 0.1) is 6.54 Å². The topological polar surface area (TPSA) is 93.5 Å². The van der Waals surface area contributed by atoms with Crippen LogP contribution in [-0.4, -0.2) is 37.1 Å². The molecule has 2 heterocycles. The highest BCUT2D eigenvalue weighted by Gasteiger charge is 2.53. The summed E-state index contributed by atoms with van der Waals surface area (Å²) in [5.74, 6) is 0. The molecule has 0 N–H and O–H groups in total. The van der Waals surface area contributed by atoms with Crippen molar-refractivity contribution in [3.05, 3.63) is 23.1 Å². The molecule has 0 aromatic heterocycles. The van der Waals surface area contributed by atoms with E-state index >= 15 is 0 Å². The van der Waals surface area contributed by atoms with Crippen LogP contribution in [0.15, 0.2) is 17.8 Å². The van der Waals surface area contributed by atoms with E-state index in [-0.39, 0.29) is 12.6 Å². The second kappa shape index (κ2) is 4.42. The SMILES string of the molecule is C=CC[C@H]1O[C@H](CN=[N+]=[N-])[C@H]2OC(=O)O[C@H]21. The standard InChI is InChI=1S/C9H11N3O4/c1-2-3-5-7-8(16-9(13)15-7)6(14-5)4-11-12-10/h2,5-8H,1,3-4H2/t5-,6-,7+,8-/m1/s1. The Bertz CT molecular complexity index is 353. The molecule has 4 atom stereocenters. The van der Waals surface area contributed by atoms with Crippen molar-refractivity contribution < 1.29 is 19.0 Å². The molecule has 2 rings (SSSR count). The zero-order valence-corrected chi connectivity index (χ0v) is 8.48. The minimum absolute atomic E-state index is 0.127. The van der Waals surface area contributed by atoms with Crippen molar-refractivity contribution in [3.8, 4) is 0 Å². The van der Waals surface area contributed by atoms with Crippen molar-refractivity contribution >= 4 is 6.16 Å². The molecule has 0 aliphatic carbocycles. The highest BCUT2D eigenvalue weighted by molar-refractivity contribution is 5.63. The fraction of sp³-hybridized carbons (Fsp3) is 0.667. The van der Waals surface area contributed by atoms with Crippen LogP contribution in [0.3, 0.4) is 0 Å². The number of ether oxygens (including phenoxy) is 3. The highest BCUT2D eigenvalue weighted by atomic mass is 16.8. The van der Waals surface area contributed by atoms with E-state index in [1.807, 2.05) is 0 Å². The summed E-state index contributed by atoms with van der Waals surface area (Å²) in [5, 5.41) is 3.42. The molecule has 86 valence electrons. The third-order valence-electron chi connectivity index (χ3n) is 2.59. The van der Waals surface area contributed by atoms with Gasteiger partial charge in [-0.3, -0.25) is 0 Å². The lowest BCUT2D eigenvalue weighted by Gasteiger charge is -2.13. The van der Waals surface area contributed by atoms with Crippen molar-refractivity contribution in [1.82, 2.24) is 0 Å². The van der Waals surface area contributed by atoms with Crippen LogP contribution in [0.2, 0.25) is 0 Å². The molecule has 0 radical (unpaired) electrons. The van der Waals surface area contributed by atoms with E-state index < -0.39 is 24.5 Å². The lowest BCUT2D eigenvalue weighted by molar-refractivity contribution is -0.0172. The normalized spacial score (nSPS) is 35.9. The summed E-state index contributed by atoms with van der Waals surface area (Å²) in [5.41, 5.74) is 8.24. The van der Waals surface area contributed by atoms with Crippen LogP contribution in [0.4, 0.5) is 4.79 Å². The van der Waals surface area contributed by atoms with Gasteiger partial charge < -0.3 is 14.2 Å². The van der Waals surface area contributed by atoms with Crippen LogP contribution < -0.4 is 0 Å². The first-order chi connectivity index (χ1) is 7.76. The molecule has 0 bridgehead atoms. The van der Waals surface area contributed by atoms with Gasteiger partial charge in [-0.2, -0.15) is 0 Å². The molecule has 2 saturated heterocycles. The Kier molecular flexibility index (Phi) is 2.98. The molecule has 0 saturated carbocycles. The predicted molar refractivity (Wildman–Crippen MR) is 52.6 cm³/mol. The van der Waals surface area contributed by atoms with E-state index in [4.69, 9.17) is 19.7 Å². The van der Waals surface area contributed by atoms with Gasteiger partial charge in [-0.1, -0.05) is 11.2 Å². The second-order valence-corrected chi connectivity index (χ2v) is 3.57. The molecule has 0 aromatic carbocycles. The van der Waals surface area contributed by atoms with Crippen LogP contribution in [0.25, 0.3) is 10.4 Å². The summed E-state index contributed by atoms with van der Waals surface area (Å²) in [6, 6.07) is 0. The van der Waals surface area contributed by atoms with Gasteiger partial charge >= 0.3 is 6.16 Å². The fourth-order valence-electron chi connectivity index (χ4n) is 1.96.